The zero-order valence-corrected chi connectivity index (χ0v) is 16.7. The monoisotopic (exact) mass is 381 g/mol. The van der Waals surface area contributed by atoms with Crippen molar-refractivity contribution in [2.24, 2.45) is 0 Å². The van der Waals surface area contributed by atoms with Crippen molar-refractivity contribution in [1.82, 2.24) is 15.1 Å². The fraction of sp³-hybridized carbons (Fsp3) is 0.435. The molecule has 0 radical (unpaired) electrons. The average Bonchev–Trinajstić information content (AvgIpc) is 2.74. The first kappa shape index (κ1) is 20.4. The van der Waals surface area contributed by atoms with E-state index in [9.17, 15) is 4.79 Å². The zero-order valence-electron chi connectivity index (χ0n) is 16.7. The number of hydrogen-bond acceptors (Lipinski definition) is 4. The number of nitrogens with one attached hydrogen (secondary N) is 1. The van der Waals surface area contributed by atoms with Crippen LogP contribution in [0, 0.1) is 0 Å². The summed E-state index contributed by atoms with van der Waals surface area (Å²) in [6, 6.07) is 20.1. The predicted octanol–water partition coefficient (Wildman–Crippen LogP) is 2.95. The number of rotatable bonds is 9. The van der Waals surface area contributed by atoms with Crippen LogP contribution in [0.5, 0.6) is 5.75 Å². The van der Waals surface area contributed by atoms with Crippen molar-refractivity contribution in [1.29, 1.82) is 0 Å². The van der Waals surface area contributed by atoms with Crippen LogP contribution in [0.1, 0.15) is 24.9 Å². The van der Waals surface area contributed by atoms with Crippen molar-refractivity contribution in [3.05, 3.63) is 66.2 Å². The number of nitrogens with zero attached hydrogens (tertiary/aromatic N) is 2. The first-order valence-corrected chi connectivity index (χ1v) is 10.2. The van der Waals surface area contributed by atoms with E-state index in [0.717, 1.165) is 50.6 Å². The second-order valence-corrected chi connectivity index (χ2v) is 7.29. The molecule has 5 nitrogen and oxygen atoms in total. The highest BCUT2D eigenvalue weighted by molar-refractivity contribution is 5.76. The zero-order chi connectivity index (χ0) is 19.6. The summed E-state index contributed by atoms with van der Waals surface area (Å²) in [6.45, 7) is 8.58. The van der Waals surface area contributed by atoms with Crippen LogP contribution in [0.4, 0.5) is 0 Å². The van der Waals surface area contributed by atoms with Gasteiger partial charge in [0.2, 0.25) is 5.91 Å². The molecular weight excluding hydrogens is 350 g/mol. The van der Waals surface area contributed by atoms with Gasteiger partial charge in [-0.15, -0.1) is 0 Å². The molecule has 0 saturated carbocycles. The van der Waals surface area contributed by atoms with E-state index in [1.165, 1.54) is 0 Å². The maximum atomic E-state index is 12.2. The van der Waals surface area contributed by atoms with Crippen molar-refractivity contribution < 1.29 is 9.53 Å². The summed E-state index contributed by atoms with van der Waals surface area (Å²) in [5.74, 6) is 1.05. The molecule has 1 amide bonds. The maximum absolute atomic E-state index is 12.2. The molecule has 28 heavy (non-hydrogen) atoms. The lowest BCUT2D eigenvalue weighted by molar-refractivity contribution is -0.122. The van der Waals surface area contributed by atoms with E-state index in [4.69, 9.17) is 4.74 Å². The standard InChI is InChI=1S/C23H31N3O2/c1-20(21-8-4-2-5-9-21)24-23(27)12-13-25-14-16-26(17-15-25)18-19-28-22-10-6-3-7-11-22/h2-11,20H,12-19H2,1H3,(H,24,27). The van der Waals surface area contributed by atoms with Gasteiger partial charge in [-0.25, -0.2) is 0 Å². The Labute approximate surface area is 168 Å². The van der Waals surface area contributed by atoms with Gasteiger partial charge in [0, 0.05) is 45.7 Å². The van der Waals surface area contributed by atoms with Crippen LogP contribution >= 0.6 is 0 Å². The maximum Gasteiger partial charge on any atom is 0.221 e. The summed E-state index contributed by atoms with van der Waals surface area (Å²) in [6.07, 6.45) is 0.550. The van der Waals surface area contributed by atoms with Gasteiger partial charge in [0.1, 0.15) is 12.4 Å². The van der Waals surface area contributed by atoms with E-state index in [-0.39, 0.29) is 11.9 Å². The van der Waals surface area contributed by atoms with Crippen LogP contribution in [-0.2, 0) is 4.79 Å². The molecular formula is C23H31N3O2. The number of para-hydroxylation sites is 1. The first-order chi connectivity index (χ1) is 13.7. The number of carbonyl (C=O) groups is 1. The van der Waals surface area contributed by atoms with Gasteiger partial charge in [0.15, 0.2) is 0 Å². The molecule has 1 fully saturated rings. The third-order valence-electron chi connectivity index (χ3n) is 5.22. The van der Waals surface area contributed by atoms with Gasteiger partial charge in [0.05, 0.1) is 6.04 Å². The second-order valence-electron chi connectivity index (χ2n) is 7.29. The van der Waals surface area contributed by atoms with Crippen LogP contribution in [0.25, 0.3) is 0 Å². The molecule has 1 saturated heterocycles. The molecule has 1 heterocycles. The molecule has 5 heteroatoms. The molecule has 150 valence electrons. The number of piperazine rings is 1. The molecule has 3 rings (SSSR count). The summed E-state index contributed by atoms with van der Waals surface area (Å²) in [7, 11) is 0. The van der Waals surface area contributed by atoms with Crippen molar-refractivity contribution in [3.8, 4) is 5.75 Å². The fourth-order valence-corrected chi connectivity index (χ4v) is 3.44. The Kier molecular flexibility index (Phi) is 7.88. The topological polar surface area (TPSA) is 44.8 Å². The highest BCUT2D eigenvalue weighted by atomic mass is 16.5. The number of ether oxygens (including phenoxy) is 1. The number of benzene rings is 2. The van der Waals surface area contributed by atoms with E-state index < -0.39 is 0 Å². The number of amides is 1. The van der Waals surface area contributed by atoms with E-state index in [2.05, 4.69) is 15.1 Å². The summed E-state index contributed by atoms with van der Waals surface area (Å²) in [4.78, 5) is 17.0. The molecule has 0 aliphatic carbocycles. The van der Waals surface area contributed by atoms with Crippen molar-refractivity contribution in [2.45, 2.75) is 19.4 Å². The van der Waals surface area contributed by atoms with E-state index in [0.29, 0.717) is 13.0 Å². The largest absolute Gasteiger partial charge is 0.492 e. The van der Waals surface area contributed by atoms with E-state index in [1.807, 2.05) is 67.6 Å². The minimum absolute atomic E-state index is 0.0511. The smallest absolute Gasteiger partial charge is 0.221 e. The van der Waals surface area contributed by atoms with Gasteiger partial charge in [-0.05, 0) is 24.6 Å². The third kappa shape index (κ3) is 6.66. The summed E-state index contributed by atoms with van der Waals surface area (Å²) in [5.41, 5.74) is 1.14. The molecule has 1 N–H and O–H groups in total. The normalized spacial score (nSPS) is 16.5. The molecule has 0 aromatic heterocycles. The minimum Gasteiger partial charge on any atom is -0.492 e. The van der Waals surface area contributed by atoms with Gasteiger partial charge in [0.25, 0.3) is 0 Å². The molecule has 0 spiro atoms. The molecule has 2 aromatic rings. The lowest BCUT2D eigenvalue weighted by Crippen LogP contribution is -2.48. The molecule has 1 unspecified atom stereocenters. The summed E-state index contributed by atoms with van der Waals surface area (Å²) >= 11 is 0. The quantitative estimate of drug-likeness (QED) is 0.725. The summed E-state index contributed by atoms with van der Waals surface area (Å²) in [5, 5.41) is 3.10. The average molecular weight is 382 g/mol. The number of carbonyl (C=O) groups excluding carboxylic acids is 1. The molecule has 1 aliphatic heterocycles. The third-order valence-corrected chi connectivity index (χ3v) is 5.22. The van der Waals surface area contributed by atoms with E-state index >= 15 is 0 Å². The van der Waals surface area contributed by atoms with Crippen LogP contribution in [0.2, 0.25) is 0 Å². The van der Waals surface area contributed by atoms with Gasteiger partial charge in [-0.1, -0.05) is 48.5 Å². The Morgan fingerprint density at radius 3 is 2.14 bits per heavy atom. The lowest BCUT2D eigenvalue weighted by atomic mass is 10.1. The Balaban J connectivity index is 1.28. The van der Waals surface area contributed by atoms with Gasteiger partial charge in [-0.3, -0.25) is 9.69 Å². The van der Waals surface area contributed by atoms with E-state index in [1.54, 1.807) is 0 Å². The summed E-state index contributed by atoms with van der Waals surface area (Å²) < 4.78 is 5.78. The highest BCUT2D eigenvalue weighted by Crippen LogP contribution is 2.12. The second kappa shape index (κ2) is 10.8. The predicted molar refractivity (Wildman–Crippen MR) is 112 cm³/mol. The van der Waals surface area contributed by atoms with Crippen molar-refractivity contribution >= 4 is 5.91 Å². The van der Waals surface area contributed by atoms with Crippen LogP contribution in [-0.4, -0.2) is 61.6 Å². The molecule has 0 bridgehead atoms. The molecule has 2 aromatic carbocycles. The van der Waals surface area contributed by atoms with Crippen LogP contribution < -0.4 is 10.1 Å². The fourth-order valence-electron chi connectivity index (χ4n) is 3.44. The Morgan fingerprint density at radius 1 is 0.929 bits per heavy atom. The Bertz CT molecular complexity index is 700. The Morgan fingerprint density at radius 2 is 1.50 bits per heavy atom. The minimum atomic E-state index is 0.0511. The van der Waals surface area contributed by atoms with Crippen LogP contribution in [0.3, 0.4) is 0 Å². The Hall–Kier alpha value is -2.37. The molecule has 1 aliphatic rings. The van der Waals surface area contributed by atoms with Gasteiger partial charge < -0.3 is 15.0 Å². The van der Waals surface area contributed by atoms with Gasteiger partial charge in [-0.2, -0.15) is 0 Å². The first-order valence-electron chi connectivity index (χ1n) is 10.2. The van der Waals surface area contributed by atoms with Gasteiger partial charge >= 0.3 is 0 Å². The number of hydrogen-bond donors (Lipinski definition) is 1. The van der Waals surface area contributed by atoms with Crippen LogP contribution in [0.15, 0.2) is 60.7 Å². The molecule has 1 atom stereocenters. The SMILES string of the molecule is CC(NC(=O)CCN1CCN(CCOc2ccccc2)CC1)c1ccccc1. The van der Waals surface area contributed by atoms with Crippen molar-refractivity contribution in [2.75, 3.05) is 45.9 Å². The lowest BCUT2D eigenvalue weighted by Gasteiger charge is -2.34. The highest BCUT2D eigenvalue weighted by Gasteiger charge is 2.18. The van der Waals surface area contributed by atoms with Crippen molar-refractivity contribution in [3.63, 3.8) is 0 Å².